The predicted molar refractivity (Wildman–Crippen MR) is 55.6 cm³/mol. The summed E-state index contributed by atoms with van der Waals surface area (Å²) in [5.74, 6) is 0. The van der Waals surface area contributed by atoms with Crippen LogP contribution in [0.25, 0.3) is 0 Å². The van der Waals surface area contributed by atoms with Crippen molar-refractivity contribution >= 4 is 12.3 Å². The Labute approximate surface area is 87.8 Å². The Morgan fingerprint density at radius 1 is 1.13 bits per heavy atom. The molecule has 0 aromatic heterocycles. The summed E-state index contributed by atoms with van der Waals surface area (Å²) in [6.45, 7) is 9.37. The lowest BCUT2D eigenvalue weighted by atomic mass is 10.2. The first-order chi connectivity index (χ1) is 6.73. The van der Waals surface area contributed by atoms with E-state index >= 15 is 0 Å². The van der Waals surface area contributed by atoms with Gasteiger partial charge in [0.05, 0.1) is 0 Å². The smallest absolute Gasteiger partial charge is 0.450 e. The number of carboxylic acid groups (broad SMARTS) is 4. The maximum Gasteiger partial charge on any atom is 0.503 e. The second-order valence-electron chi connectivity index (χ2n) is 2.35. The average molecular weight is 220 g/mol. The normalized spacial score (nSPS) is 7.00. The van der Waals surface area contributed by atoms with E-state index in [2.05, 4.69) is 13.2 Å². The monoisotopic (exact) mass is 220 g/mol. The molecule has 4 N–H and O–H groups in total. The molecule has 0 aliphatic heterocycles. The fourth-order valence-corrected chi connectivity index (χ4v) is 0.348. The molecule has 6 heteroatoms. The molecule has 6 nitrogen and oxygen atoms in total. The molecular weight excluding hydrogens is 204 g/mol. The summed E-state index contributed by atoms with van der Waals surface area (Å²) in [6, 6.07) is 0. The van der Waals surface area contributed by atoms with Crippen molar-refractivity contribution in [3.05, 3.63) is 24.8 Å². The molecule has 0 amide bonds. The Morgan fingerprint density at radius 3 is 1.47 bits per heavy atom. The topological polar surface area (TPSA) is 115 Å². The van der Waals surface area contributed by atoms with E-state index < -0.39 is 12.3 Å². The van der Waals surface area contributed by atoms with Crippen LogP contribution in [-0.2, 0) is 0 Å². The Hall–Kier alpha value is -1.98. The van der Waals surface area contributed by atoms with E-state index in [4.69, 9.17) is 30.0 Å². The highest BCUT2D eigenvalue weighted by Crippen LogP contribution is 1.98. The molecule has 0 aliphatic carbocycles. The van der Waals surface area contributed by atoms with Crippen molar-refractivity contribution in [3.63, 3.8) is 0 Å². The fraction of sp³-hybridized carbons (Fsp3) is 0.333. The van der Waals surface area contributed by atoms with Crippen LogP contribution in [0.5, 0.6) is 0 Å². The Morgan fingerprint density at radius 2 is 1.40 bits per heavy atom. The van der Waals surface area contributed by atoms with E-state index in [1.54, 1.807) is 0 Å². The van der Waals surface area contributed by atoms with Crippen LogP contribution in [0.2, 0.25) is 0 Å². The van der Waals surface area contributed by atoms with Crippen LogP contribution in [0.1, 0.15) is 19.8 Å². The maximum atomic E-state index is 8.56. The van der Waals surface area contributed by atoms with Gasteiger partial charge < -0.3 is 20.4 Å². The SMILES string of the molecule is C=CCCC(=C)C.O=C(O)O.O=C(O)O. The fourth-order valence-electron chi connectivity index (χ4n) is 0.348. The first kappa shape index (κ1) is 18.7. The average Bonchev–Trinajstić information content (AvgIpc) is 1.98. The number of rotatable bonds is 3. The van der Waals surface area contributed by atoms with E-state index in [-0.39, 0.29) is 0 Å². The molecule has 88 valence electrons. The molecule has 0 atom stereocenters. The summed E-state index contributed by atoms with van der Waals surface area (Å²) in [7, 11) is 0. The van der Waals surface area contributed by atoms with Gasteiger partial charge in [0.2, 0.25) is 0 Å². The second-order valence-corrected chi connectivity index (χ2v) is 2.35. The van der Waals surface area contributed by atoms with E-state index in [0.29, 0.717) is 0 Å². The molecule has 0 aromatic rings. The van der Waals surface area contributed by atoms with Gasteiger partial charge >= 0.3 is 12.3 Å². The zero-order valence-corrected chi connectivity index (χ0v) is 8.51. The maximum absolute atomic E-state index is 8.56. The third-order valence-corrected chi connectivity index (χ3v) is 0.775. The van der Waals surface area contributed by atoms with E-state index in [9.17, 15) is 0 Å². The summed E-state index contributed by atoms with van der Waals surface area (Å²) >= 11 is 0. The van der Waals surface area contributed by atoms with Crippen LogP contribution in [0.4, 0.5) is 9.59 Å². The summed E-state index contributed by atoms with van der Waals surface area (Å²) in [4.78, 5) is 17.1. The largest absolute Gasteiger partial charge is 0.503 e. The number of carbonyl (C=O) groups is 2. The van der Waals surface area contributed by atoms with Gasteiger partial charge in [0.25, 0.3) is 0 Å². The molecule has 15 heavy (non-hydrogen) atoms. The first-order valence-corrected chi connectivity index (χ1v) is 3.83. The zero-order chi connectivity index (χ0) is 12.9. The van der Waals surface area contributed by atoms with Gasteiger partial charge in [0, 0.05) is 0 Å². The molecule has 0 rings (SSSR count). The summed E-state index contributed by atoms with van der Waals surface area (Å²) in [6.07, 6.45) is 0.396. The molecule has 0 fully saturated rings. The van der Waals surface area contributed by atoms with Crippen molar-refractivity contribution in [2.45, 2.75) is 19.8 Å². The third-order valence-electron chi connectivity index (χ3n) is 0.775. The predicted octanol–water partition coefficient (Wildman–Crippen LogP) is 2.97. The summed E-state index contributed by atoms with van der Waals surface area (Å²) in [5, 5.41) is 27.9. The molecule has 0 radical (unpaired) electrons. The quantitative estimate of drug-likeness (QED) is 0.543. The van der Waals surface area contributed by atoms with Gasteiger partial charge in [-0.2, -0.15) is 0 Å². The van der Waals surface area contributed by atoms with Crippen molar-refractivity contribution in [3.8, 4) is 0 Å². The van der Waals surface area contributed by atoms with Gasteiger partial charge in [-0.25, -0.2) is 9.59 Å². The van der Waals surface area contributed by atoms with E-state index in [1.807, 2.05) is 13.0 Å². The molecule has 0 heterocycles. The van der Waals surface area contributed by atoms with Gasteiger partial charge in [0.15, 0.2) is 0 Å². The number of allylic oxidation sites excluding steroid dienone is 2. The Kier molecular flexibility index (Phi) is 18.2. The minimum atomic E-state index is -1.83. The van der Waals surface area contributed by atoms with Gasteiger partial charge in [0.1, 0.15) is 0 Å². The minimum absolute atomic E-state index is 1.06. The number of hydrogen-bond acceptors (Lipinski definition) is 2. The van der Waals surface area contributed by atoms with Crippen molar-refractivity contribution in [1.82, 2.24) is 0 Å². The van der Waals surface area contributed by atoms with E-state index in [1.165, 1.54) is 5.57 Å². The molecule has 0 saturated heterocycles. The van der Waals surface area contributed by atoms with Gasteiger partial charge in [-0.15, -0.1) is 13.2 Å². The lowest BCUT2D eigenvalue weighted by molar-refractivity contribution is 0.135. The van der Waals surface area contributed by atoms with Crippen LogP contribution >= 0.6 is 0 Å². The van der Waals surface area contributed by atoms with Gasteiger partial charge in [-0.1, -0.05) is 11.6 Å². The lowest BCUT2D eigenvalue weighted by Gasteiger charge is -1.88. The highest BCUT2D eigenvalue weighted by Gasteiger charge is 1.78. The first-order valence-electron chi connectivity index (χ1n) is 3.83. The molecule has 0 aliphatic rings. The van der Waals surface area contributed by atoms with E-state index in [0.717, 1.165) is 12.8 Å². The lowest BCUT2D eigenvalue weighted by Crippen LogP contribution is -1.81. The molecule has 0 spiro atoms. The van der Waals surface area contributed by atoms with Crippen LogP contribution in [0.15, 0.2) is 24.8 Å². The summed E-state index contributed by atoms with van der Waals surface area (Å²) < 4.78 is 0. The van der Waals surface area contributed by atoms with Crippen LogP contribution in [0, 0.1) is 0 Å². The third kappa shape index (κ3) is 296. The van der Waals surface area contributed by atoms with Crippen molar-refractivity contribution in [2.75, 3.05) is 0 Å². The molecule has 0 bridgehead atoms. The van der Waals surface area contributed by atoms with Crippen LogP contribution in [0.3, 0.4) is 0 Å². The van der Waals surface area contributed by atoms with Crippen molar-refractivity contribution in [1.29, 1.82) is 0 Å². The Balaban J connectivity index is -0.000000155. The highest BCUT2D eigenvalue weighted by molar-refractivity contribution is 5.53. The van der Waals surface area contributed by atoms with Crippen LogP contribution in [-0.4, -0.2) is 32.7 Å². The van der Waals surface area contributed by atoms with Crippen LogP contribution < -0.4 is 0 Å². The standard InChI is InChI=1S/C7H12.2CH2O3/c1-4-5-6-7(2)3;2*2-1(3)4/h4H,1-2,5-6H2,3H3;2*(H2,2,3,4). The second kappa shape index (κ2) is 14.5. The van der Waals surface area contributed by atoms with Gasteiger partial charge in [-0.3, -0.25) is 0 Å². The highest BCUT2D eigenvalue weighted by atomic mass is 16.6. The van der Waals surface area contributed by atoms with Crippen molar-refractivity contribution in [2.24, 2.45) is 0 Å². The Bertz CT molecular complexity index is 189. The number of hydrogen-bond donors (Lipinski definition) is 4. The minimum Gasteiger partial charge on any atom is -0.450 e. The molecular formula is C9H16O6. The summed E-state index contributed by atoms with van der Waals surface area (Å²) in [5.41, 5.74) is 1.24. The van der Waals surface area contributed by atoms with Gasteiger partial charge in [-0.05, 0) is 19.8 Å². The van der Waals surface area contributed by atoms with Crippen molar-refractivity contribution < 1.29 is 30.0 Å². The zero-order valence-electron chi connectivity index (χ0n) is 8.51. The molecule has 0 unspecified atom stereocenters. The molecule has 0 aromatic carbocycles. The molecule has 0 saturated carbocycles.